The van der Waals surface area contributed by atoms with E-state index in [4.69, 9.17) is 10.00 Å². The lowest BCUT2D eigenvalue weighted by Crippen LogP contribution is -2.31. The molecule has 1 aliphatic rings. The zero-order valence-electron chi connectivity index (χ0n) is 10.4. The summed E-state index contributed by atoms with van der Waals surface area (Å²) in [6.07, 6.45) is 4.35. The Morgan fingerprint density at radius 3 is 3.00 bits per heavy atom. The van der Waals surface area contributed by atoms with E-state index in [9.17, 15) is 4.39 Å². The van der Waals surface area contributed by atoms with Gasteiger partial charge in [-0.1, -0.05) is 6.07 Å². The van der Waals surface area contributed by atoms with E-state index in [1.807, 2.05) is 6.07 Å². The van der Waals surface area contributed by atoms with Crippen LogP contribution in [-0.4, -0.2) is 19.3 Å². The van der Waals surface area contributed by atoms with Crippen LogP contribution in [0.15, 0.2) is 18.2 Å². The number of nitrogens with zero attached hydrogens (tertiary/aromatic N) is 1. The third-order valence-electron chi connectivity index (χ3n) is 3.44. The van der Waals surface area contributed by atoms with Gasteiger partial charge in [-0.3, -0.25) is 0 Å². The molecule has 0 aromatic heterocycles. The molecule has 18 heavy (non-hydrogen) atoms. The Labute approximate surface area is 107 Å². The van der Waals surface area contributed by atoms with Gasteiger partial charge in [-0.2, -0.15) is 5.26 Å². The zero-order valence-corrected chi connectivity index (χ0v) is 10.4. The molecule has 1 fully saturated rings. The van der Waals surface area contributed by atoms with Gasteiger partial charge < -0.3 is 10.1 Å². The summed E-state index contributed by atoms with van der Waals surface area (Å²) >= 11 is 0. The van der Waals surface area contributed by atoms with Crippen LogP contribution < -0.4 is 5.32 Å². The molecule has 4 heteroatoms. The molecule has 0 bridgehead atoms. The van der Waals surface area contributed by atoms with Crippen LogP contribution in [0.2, 0.25) is 0 Å². The van der Waals surface area contributed by atoms with Crippen LogP contribution >= 0.6 is 0 Å². The number of anilines is 1. The number of rotatable bonds is 3. The molecule has 96 valence electrons. The minimum absolute atomic E-state index is 0.0945. The average Bonchev–Trinajstić information content (AvgIpc) is 2.39. The first-order chi connectivity index (χ1) is 8.74. The van der Waals surface area contributed by atoms with Crippen LogP contribution in [0.25, 0.3) is 0 Å². The predicted octanol–water partition coefficient (Wildman–Crippen LogP) is 3.07. The number of hydrogen-bond acceptors (Lipinski definition) is 3. The van der Waals surface area contributed by atoms with E-state index < -0.39 is 5.82 Å². The fourth-order valence-electron chi connectivity index (χ4n) is 2.47. The first-order valence-electron chi connectivity index (χ1n) is 6.22. The average molecular weight is 248 g/mol. The summed E-state index contributed by atoms with van der Waals surface area (Å²) in [7, 11) is 1.72. The molecule has 1 N–H and O–H groups in total. The van der Waals surface area contributed by atoms with Crippen molar-refractivity contribution in [1.29, 1.82) is 5.26 Å². The van der Waals surface area contributed by atoms with Gasteiger partial charge in [0.05, 0.1) is 11.8 Å². The van der Waals surface area contributed by atoms with Crippen molar-refractivity contribution in [2.45, 2.75) is 37.8 Å². The molecule has 0 radical (unpaired) electrons. The van der Waals surface area contributed by atoms with E-state index >= 15 is 0 Å². The SMILES string of the molecule is COC1CCCC(Nc2cccc(F)c2C#N)C1. The summed E-state index contributed by atoms with van der Waals surface area (Å²) in [6, 6.07) is 6.83. The maximum atomic E-state index is 13.5. The topological polar surface area (TPSA) is 45.0 Å². The van der Waals surface area contributed by atoms with Gasteiger partial charge in [0.1, 0.15) is 17.4 Å². The Morgan fingerprint density at radius 2 is 2.28 bits per heavy atom. The van der Waals surface area contributed by atoms with Gasteiger partial charge in [0.2, 0.25) is 0 Å². The Balaban J connectivity index is 2.10. The second-order valence-electron chi connectivity index (χ2n) is 4.64. The molecule has 0 spiro atoms. The minimum atomic E-state index is -0.471. The second kappa shape index (κ2) is 5.83. The molecule has 1 aliphatic carbocycles. The van der Waals surface area contributed by atoms with Crippen molar-refractivity contribution in [2.24, 2.45) is 0 Å². The van der Waals surface area contributed by atoms with Crippen molar-refractivity contribution in [1.82, 2.24) is 0 Å². The molecule has 1 aromatic rings. The summed E-state index contributed by atoms with van der Waals surface area (Å²) in [5, 5.41) is 12.2. The number of methoxy groups -OCH3 is 1. The molecule has 0 saturated heterocycles. The smallest absolute Gasteiger partial charge is 0.143 e. The quantitative estimate of drug-likeness (QED) is 0.894. The molecular formula is C14H17FN2O. The third-order valence-corrected chi connectivity index (χ3v) is 3.44. The first-order valence-corrected chi connectivity index (χ1v) is 6.22. The van der Waals surface area contributed by atoms with Gasteiger partial charge in [0.15, 0.2) is 0 Å². The lowest BCUT2D eigenvalue weighted by molar-refractivity contribution is 0.0669. The maximum Gasteiger partial charge on any atom is 0.143 e. The van der Waals surface area contributed by atoms with Gasteiger partial charge >= 0.3 is 0 Å². The normalized spacial score (nSPS) is 23.4. The van der Waals surface area contributed by atoms with Crippen LogP contribution in [0.4, 0.5) is 10.1 Å². The van der Waals surface area contributed by atoms with E-state index in [2.05, 4.69) is 5.32 Å². The third kappa shape index (κ3) is 2.80. The first kappa shape index (κ1) is 12.8. The Hall–Kier alpha value is -1.60. The van der Waals surface area contributed by atoms with Gasteiger partial charge in [-0.05, 0) is 37.8 Å². The molecule has 2 rings (SSSR count). The van der Waals surface area contributed by atoms with Crippen LogP contribution in [0.5, 0.6) is 0 Å². The van der Waals surface area contributed by atoms with E-state index in [0.29, 0.717) is 5.69 Å². The Kier molecular flexibility index (Phi) is 4.16. The molecule has 2 atom stereocenters. The summed E-state index contributed by atoms with van der Waals surface area (Å²) in [5.41, 5.74) is 0.677. The molecule has 0 heterocycles. The Bertz CT molecular complexity index is 456. The minimum Gasteiger partial charge on any atom is -0.381 e. The van der Waals surface area contributed by atoms with E-state index in [0.717, 1.165) is 25.7 Å². The number of benzene rings is 1. The second-order valence-corrected chi connectivity index (χ2v) is 4.64. The maximum absolute atomic E-state index is 13.5. The van der Waals surface area contributed by atoms with Crippen molar-refractivity contribution < 1.29 is 9.13 Å². The summed E-state index contributed by atoms with van der Waals surface area (Å²) < 4.78 is 18.8. The number of ether oxygens (including phenoxy) is 1. The van der Waals surface area contributed by atoms with Crippen LogP contribution in [-0.2, 0) is 4.74 Å². The van der Waals surface area contributed by atoms with Gasteiger partial charge in [0.25, 0.3) is 0 Å². The highest BCUT2D eigenvalue weighted by molar-refractivity contribution is 5.58. The number of hydrogen-bond donors (Lipinski definition) is 1. The fourth-order valence-corrected chi connectivity index (χ4v) is 2.47. The fraction of sp³-hybridized carbons (Fsp3) is 0.500. The molecule has 0 aliphatic heterocycles. The van der Waals surface area contributed by atoms with Gasteiger partial charge in [-0.25, -0.2) is 4.39 Å². The lowest BCUT2D eigenvalue weighted by atomic mass is 9.92. The monoisotopic (exact) mass is 248 g/mol. The zero-order chi connectivity index (χ0) is 13.0. The van der Waals surface area contributed by atoms with Crippen molar-refractivity contribution in [3.63, 3.8) is 0 Å². The van der Waals surface area contributed by atoms with E-state index in [1.54, 1.807) is 19.2 Å². The molecule has 1 saturated carbocycles. The van der Waals surface area contributed by atoms with Gasteiger partial charge in [-0.15, -0.1) is 0 Å². The standard InChI is InChI=1S/C14H17FN2O/c1-18-11-5-2-4-10(8-11)17-14-7-3-6-13(15)12(14)9-16/h3,6-7,10-11,17H,2,4-5,8H2,1H3. The Morgan fingerprint density at radius 1 is 1.44 bits per heavy atom. The molecular weight excluding hydrogens is 231 g/mol. The molecule has 2 unspecified atom stereocenters. The predicted molar refractivity (Wildman–Crippen MR) is 67.8 cm³/mol. The van der Waals surface area contributed by atoms with Crippen molar-refractivity contribution in [3.05, 3.63) is 29.6 Å². The highest BCUT2D eigenvalue weighted by Crippen LogP contribution is 2.26. The van der Waals surface area contributed by atoms with Crippen molar-refractivity contribution in [2.75, 3.05) is 12.4 Å². The van der Waals surface area contributed by atoms with E-state index in [1.165, 1.54) is 6.07 Å². The number of nitriles is 1. The molecule has 1 aromatic carbocycles. The van der Waals surface area contributed by atoms with Crippen molar-refractivity contribution >= 4 is 5.69 Å². The highest BCUT2D eigenvalue weighted by atomic mass is 19.1. The van der Waals surface area contributed by atoms with E-state index in [-0.39, 0.29) is 17.7 Å². The van der Waals surface area contributed by atoms with Crippen LogP contribution in [0, 0.1) is 17.1 Å². The number of halogens is 1. The summed E-state index contributed by atoms with van der Waals surface area (Å²) in [5.74, 6) is -0.471. The van der Waals surface area contributed by atoms with Crippen LogP contribution in [0.3, 0.4) is 0 Å². The summed E-state index contributed by atoms with van der Waals surface area (Å²) in [6.45, 7) is 0. The molecule has 3 nitrogen and oxygen atoms in total. The highest BCUT2D eigenvalue weighted by Gasteiger charge is 2.22. The number of nitrogens with one attached hydrogen (secondary N) is 1. The van der Waals surface area contributed by atoms with Crippen LogP contribution in [0.1, 0.15) is 31.2 Å². The largest absolute Gasteiger partial charge is 0.381 e. The summed E-state index contributed by atoms with van der Waals surface area (Å²) in [4.78, 5) is 0. The lowest BCUT2D eigenvalue weighted by Gasteiger charge is -2.29. The molecule has 0 amide bonds. The van der Waals surface area contributed by atoms with Crippen molar-refractivity contribution in [3.8, 4) is 6.07 Å². The van der Waals surface area contributed by atoms with Gasteiger partial charge in [0, 0.05) is 13.2 Å².